The number of nitrogens with zero attached hydrogens (tertiary/aromatic N) is 1. The van der Waals surface area contributed by atoms with Gasteiger partial charge < -0.3 is 5.32 Å². The molecular formula is C14H16N2O3. The average Bonchev–Trinajstić information content (AvgIpc) is 3.13. The molecule has 19 heavy (non-hydrogen) atoms. The van der Waals surface area contributed by atoms with E-state index in [2.05, 4.69) is 5.32 Å². The van der Waals surface area contributed by atoms with Crippen LogP contribution in [0.15, 0.2) is 24.3 Å². The number of fused-ring (bicyclic) bond motifs is 1. The van der Waals surface area contributed by atoms with Crippen LogP contribution in [0.25, 0.3) is 0 Å². The number of amides is 1. The summed E-state index contributed by atoms with van der Waals surface area (Å²) in [4.78, 5) is 22.4. The molecule has 0 heterocycles. The third kappa shape index (κ3) is 2.32. The van der Waals surface area contributed by atoms with Crippen molar-refractivity contribution in [2.24, 2.45) is 17.8 Å². The molecule has 3 rings (SSSR count). The zero-order valence-corrected chi connectivity index (χ0v) is 10.5. The number of benzene rings is 1. The summed E-state index contributed by atoms with van der Waals surface area (Å²) in [6.45, 7) is 0. The summed E-state index contributed by atoms with van der Waals surface area (Å²) in [5, 5.41) is 13.5. The summed E-state index contributed by atoms with van der Waals surface area (Å²) < 4.78 is 0. The minimum absolute atomic E-state index is 0.00557. The molecule has 0 bridgehead atoms. The van der Waals surface area contributed by atoms with Crippen LogP contribution < -0.4 is 5.32 Å². The number of carbonyl (C=O) groups excluding carboxylic acids is 1. The first-order chi connectivity index (χ1) is 9.16. The monoisotopic (exact) mass is 260 g/mol. The fourth-order valence-corrected chi connectivity index (χ4v) is 3.30. The molecule has 100 valence electrons. The van der Waals surface area contributed by atoms with E-state index in [0.29, 0.717) is 17.5 Å². The van der Waals surface area contributed by atoms with Crippen LogP contribution in [-0.4, -0.2) is 10.8 Å². The number of non-ortho nitro benzene ring substituents is 1. The van der Waals surface area contributed by atoms with Crippen LogP contribution in [0.2, 0.25) is 0 Å². The summed E-state index contributed by atoms with van der Waals surface area (Å²) in [6, 6.07) is 6.11. The highest BCUT2D eigenvalue weighted by atomic mass is 16.6. The topological polar surface area (TPSA) is 72.2 Å². The Labute approximate surface area is 111 Å². The van der Waals surface area contributed by atoms with E-state index in [4.69, 9.17) is 0 Å². The predicted octanol–water partition coefficient (Wildman–Crippen LogP) is 2.97. The molecule has 2 aliphatic rings. The first-order valence-electron chi connectivity index (χ1n) is 6.72. The van der Waals surface area contributed by atoms with Crippen molar-refractivity contribution in [2.45, 2.75) is 25.7 Å². The molecule has 0 radical (unpaired) electrons. The summed E-state index contributed by atoms with van der Waals surface area (Å²) in [5.41, 5.74) is 0.522. The third-order valence-electron chi connectivity index (χ3n) is 4.28. The van der Waals surface area contributed by atoms with Crippen molar-refractivity contribution in [3.05, 3.63) is 34.4 Å². The maximum atomic E-state index is 12.1. The van der Waals surface area contributed by atoms with E-state index in [9.17, 15) is 14.9 Å². The van der Waals surface area contributed by atoms with Crippen molar-refractivity contribution in [2.75, 3.05) is 5.32 Å². The van der Waals surface area contributed by atoms with Gasteiger partial charge in [-0.25, -0.2) is 0 Å². The van der Waals surface area contributed by atoms with Crippen molar-refractivity contribution in [3.8, 4) is 0 Å². The van der Waals surface area contributed by atoms with E-state index in [-0.39, 0.29) is 17.5 Å². The van der Waals surface area contributed by atoms with Crippen molar-refractivity contribution < 1.29 is 9.72 Å². The van der Waals surface area contributed by atoms with Gasteiger partial charge in [-0.1, -0.05) is 18.9 Å². The second-order valence-corrected chi connectivity index (χ2v) is 5.43. The number of nitro benzene ring substituents is 1. The number of nitrogens with one attached hydrogen (secondary N) is 1. The van der Waals surface area contributed by atoms with Gasteiger partial charge in [0.05, 0.1) is 4.92 Å². The molecule has 1 aromatic carbocycles. The standard InChI is InChI=1S/C14H16N2O3/c17-14(13-11-6-1-2-7-12(11)13)15-9-4-3-5-10(8-9)16(18)19/h3-5,8,11-13H,1-2,6-7H2,(H,15,17)/t11-,12-/m0/s1. The lowest BCUT2D eigenvalue weighted by Crippen LogP contribution is -2.15. The first-order valence-corrected chi connectivity index (χ1v) is 6.72. The Morgan fingerprint density at radius 2 is 1.95 bits per heavy atom. The van der Waals surface area contributed by atoms with Crippen molar-refractivity contribution >= 4 is 17.3 Å². The van der Waals surface area contributed by atoms with Gasteiger partial charge in [-0.15, -0.1) is 0 Å². The fourth-order valence-electron chi connectivity index (χ4n) is 3.30. The lowest BCUT2D eigenvalue weighted by molar-refractivity contribution is -0.384. The zero-order chi connectivity index (χ0) is 13.4. The van der Waals surface area contributed by atoms with Crippen LogP contribution in [0.5, 0.6) is 0 Å². The number of hydrogen-bond acceptors (Lipinski definition) is 3. The summed E-state index contributed by atoms with van der Waals surface area (Å²) in [5.74, 6) is 1.25. The molecule has 0 saturated heterocycles. The summed E-state index contributed by atoms with van der Waals surface area (Å²) in [7, 11) is 0. The normalized spacial score (nSPS) is 28.3. The van der Waals surface area contributed by atoms with Crippen LogP contribution in [0.4, 0.5) is 11.4 Å². The van der Waals surface area contributed by atoms with Crippen molar-refractivity contribution in [3.63, 3.8) is 0 Å². The van der Waals surface area contributed by atoms with E-state index >= 15 is 0 Å². The third-order valence-corrected chi connectivity index (χ3v) is 4.28. The highest BCUT2D eigenvalue weighted by Crippen LogP contribution is 2.55. The van der Waals surface area contributed by atoms with Gasteiger partial charge in [0.2, 0.25) is 5.91 Å². The smallest absolute Gasteiger partial charge is 0.271 e. The first kappa shape index (κ1) is 12.1. The number of carbonyl (C=O) groups is 1. The number of rotatable bonds is 3. The Balaban J connectivity index is 1.67. The van der Waals surface area contributed by atoms with Crippen molar-refractivity contribution in [1.82, 2.24) is 0 Å². The van der Waals surface area contributed by atoms with E-state index in [1.165, 1.54) is 25.0 Å². The molecule has 5 nitrogen and oxygen atoms in total. The SMILES string of the molecule is O=C(Nc1cccc([N+](=O)[O-])c1)C1[C@H]2CCCC[C@H]12. The highest BCUT2D eigenvalue weighted by molar-refractivity contribution is 5.95. The van der Waals surface area contributed by atoms with Crippen molar-refractivity contribution in [1.29, 1.82) is 0 Å². The van der Waals surface area contributed by atoms with Gasteiger partial charge in [0.15, 0.2) is 0 Å². The molecule has 2 atom stereocenters. The van der Waals surface area contributed by atoms with Gasteiger partial charge in [0.25, 0.3) is 5.69 Å². The zero-order valence-electron chi connectivity index (χ0n) is 10.5. The molecule has 1 N–H and O–H groups in total. The fraction of sp³-hybridized carbons (Fsp3) is 0.500. The maximum absolute atomic E-state index is 12.1. The lowest BCUT2D eigenvalue weighted by Gasteiger charge is -2.04. The van der Waals surface area contributed by atoms with Gasteiger partial charge in [-0.05, 0) is 30.7 Å². The molecular weight excluding hydrogens is 244 g/mol. The van der Waals surface area contributed by atoms with E-state index in [1.807, 2.05) is 0 Å². The largest absolute Gasteiger partial charge is 0.326 e. The van der Waals surface area contributed by atoms with Gasteiger partial charge in [-0.2, -0.15) is 0 Å². The second-order valence-electron chi connectivity index (χ2n) is 5.43. The Kier molecular flexibility index (Phi) is 2.97. The van der Waals surface area contributed by atoms with Gasteiger partial charge in [0, 0.05) is 23.7 Å². The van der Waals surface area contributed by atoms with Gasteiger partial charge in [-0.3, -0.25) is 14.9 Å². The molecule has 2 aliphatic carbocycles. The Morgan fingerprint density at radius 1 is 1.26 bits per heavy atom. The van der Waals surface area contributed by atoms with Gasteiger partial charge >= 0.3 is 0 Å². The molecule has 2 saturated carbocycles. The van der Waals surface area contributed by atoms with E-state index in [0.717, 1.165) is 12.8 Å². The second kappa shape index (κ2) is 4.64. The molecule has 1 amide bonds. The quantitative estimate of drug-likeness (QED) is 0.670. The Morgan fingerprint density at radius 3 is 2.58 bits per heavy atom. The van der Waals surface area contributed by atoms with Crippen LogP contribution in [0.3, 0.4) is 0 Å². The molecule has 0 unspecified atom stereocenters. The maximum Gasteiger partial charge on any atom is 0.271 e. The Bertz CT molecular complexity index is 517. The average molecular weight is 260 g/mol. The van der Waals surface area contributed by atoms with E-state index in [1.54, 1.807) is 12.1 Å². The number of hydrogen-bond donors (Lipinski definition) is 1. The molecule has 0 aliphatic heterocycles. The Hall–Kier alpha value is -1.91. The minimum Gasteiger partial charge on any atom is -0.326 e. The van der Waals surface area contributed by atoms with E-state index < -0.39 is 4.92 Å². The highest BCUT2D eigenvalue weighted by Gasteiger charge is 2.54. The molecule has 5 heteroatoms. The molecule has 1 aromatic rings. The van der Waals surface area contributed by atoms with Gasteiger partial charge in [0.1, 0.15) is 0 Å². The number of anilines is 1. The predicted molar refractivity (Wildman–Crippen MR) is 70.7 cm³/mol. The summed E-state index contributed by atoms with van der Waals surface area (Å²) >= 11 is 0. The molecule has 2 fully saturated rings. The van der Waals surface area contributed by atoms with Crippen LogP contribution in [-0.2, 0) is 4.79 Å². The van der Waals surface area contributed by atoms with Crippen LogP contribution in [0.1, 0.15) is 25.7 Å². The molecule has 0 spiro atoms. The number of nitro groups is 1. The molecule has 0 aromatic heterocycles. The minimum atomic E-state index is -0.452. The summed E-state index contributed by atoms with van der Waals surface area (Å²) in [6.07, 6.45) is 4.75. The van der Waals surface area contributed by atoms with Crippen LogP contribution >= 0.6 is 0 Å². The van der Waals surface area contributed by atoms with Crippen LogP contribution in [0, 0.1) is 27.9 Å². The lowest BCUT2D eigenvalue weighted by atomic mass is 10.0.